The summed E-state index contributed by atoms with van der Waals surface area (Å²) in [6.45, 7) is 0.338. The van der Waals surface area contributed by atoms with Crippen molar-refractivity contribution in [1.29, 1.82) is 0 Å². The van der Waals surface area contributed by atoms with Crippen LogP contribution in [0.15, 0.2) is 48.5 Å². The molecule has 0 radical (unpaired) electrons. The lowest BCUT2D eigenvalue weighted by molar-refractivity contribution is 0.0655. The van der Waals surface area contributed by atoms with Crippen molar-refractivity contribution in [2.75, 3.05) is 13.6 Å². The van der Waals surface area contributed by atoms with Gasteiger partial charge in [-0.3, -0.25) is 19.3 Å². The molecule has 0 atom stereocenters. The highest BCUT2D eigenvalue weighted by atomic mass is 16.2. The molecule has 0 aromatic heterocycles. The van der Waals surface area contributed by atoms with Crippen molar-refractivity contribution in [3.8, 4) is 0 Å². The fraction of sp³-hybridized carbons (Fsp3) is 0.400. The van der Waals surface area contributed by atoms with Crippen LogP contribution >= 0.6 is 0 Å². The van der Waals surface area contributed by atoms with Crippen LogP contribution in [0.5, 0.6) is 0 Å². The highest BCUT2D eigenvalue weighted by Gasteiger charge is 2.45. The summed E-state index contributed by atoms with van der Waals surface area (Å²) in [6, 6.07) is 15.1. The van der Waals surface area contributed by atoms with Crippen molar-refractivity contribution in [2.45, 2.75) is 38.1 Å². The van der Waals surface area contributed by atoms with Crippen molar-refractivity contribution in [3.63, 3.8) is 0 Å². The zero-order valence-electron chi connectivity index (χ0n) is 17.2. The van der Waals surface area contributed by atoms with Gasteiger partial charge >= 0.3 is 0 Å². The van der Waals surface area contributed by atoms with Gasteiger partial charge in [-0.2, -0.15) is 0 Å². The number of rotatable bonds is 7. The van der Waals surface area contributed by atoms with Gasteiger partial charge in [-0.25, -0.2) is 0 Å². The van der Waals surface area contributed by atoms with Crippen molar-refractivity contribution in [1.82, 2.24) is 9.80 Å². The predicted molar refractivity (Wildman–Crippen MR) is 113 cm³/mol. The molecule has 0 saturated heterocycles. The Kier molecular flexibility index (Phi) is 4.69. The third-order valence-electron chi connectivity index (χ3n) is 6.66. The quantitative estimate of drug-likeness (QED) is 0.662. The number of carbonyl (C=O) groups is 3. The van der Waals surface area contributed by atoms with Crippen LogP contribution in [0.1, 0.15) is 62.3 Å². The van der Waals surface area contributed by atoms with Gasteiger partial charge in [0.25, 0.3) is 17.7 Å². The molecule has 3 amide bonds. The first-order chi connectivity index (χ1) is 14.5. The predicted octanol–water partition coefficient (Wildman–Crippen LogP) is 3.79. The van der Waals surface area contributed by atoms with Crippen LogP contribution < -0.4 is 0 Å². The van der Waals surface area contributed by atoms with Crippen LogP contribution in [0.2, 0.25) is 0 Å². The van der Waals surface area contributed by atoms with Gasteiger partial charge in [0.05, 0.1) is 11.1 Å². The number of imide groups is 1. The fourth-order valence-corrected chi connectivity index (χ4v) is 4.74. The Hall–Kier alpha value is -2.95. The smallest absolute Gasteiger partial charge is 0.261 e. The molecule has 2 saturated carbocycles. The standard InChI is InChI=1S/C25H26N2O3/c1-26(22(17-7-8-17)18-9-10-18)23(28)19-11-12-20-21(15-19)25(30)27(24(20)29)14-13-16-5-3-2-4-6-16/h2-6,11-12,15,17-18,22H,7-10,13-14H2,1H3. The van der Waals surface area contributed by atoms with Gasteiger partial charge < -0.3 is 4.90 Å². The van der Waals surface area contributed by atoms with Crippen molar-refractivity contribution in [3.05, 3.63) is 70.8 Å². The lowest BCUT2D eigenvalue weighted by atomic mass is 10.0. The molecule has 2 aliphatic carbocycles. The Bertz CT molecular complexity index is 996. The summed E-state index contributed by atoms with van der Waals surface area (Å²) in [5, 5.41) is 0. The molecule has 30 heavy (non-hydrogen) atoms. The van der Waals surface area contributed by atoms with E-state index in [4.69, 9.17) is 0 Å². The molecule has 2 fully saturated rings. The van der Waals surface area contributed by atoms with Crippen LogP contribution in [-0.4, -0.2) is 47.2 Å². The minimum absolute atomic E-state index is 0.0513. The third-order valence-corrected chi connectivity index (χ3v) is 6.66. The van der Waals surface area contributed by atoms with E-state index in [0.717, 1.165) is 5.56 Å². The fourth-order valence-electron chi connectivity index (χ4n) is 4.74. The van der Waals surface area contributed by atoms with E-state index >= 15 is 0 Å². The number of fused-ring (bicyclic) bond motifs is 1. The number of amides is 3. The zero-order chi connectivity index (χ0) is 20.8. The minimum Gasteiger partial charge on any atom is -0.338 e. The van der Waals surface area contributed by atoms with E-state index in [-0.39, 0.29) is 17.7 Å². The maximum absolute atomic E-state index is 13.1. The first-order valence-corrected chi connectivity index (χ1v) is 10.9. The molecule has 2 aromatic carbocycles. The number of hydrogen-bond donors (Lipinski definition) is 0. The molecule has 2 aromatic rings. The summed E-state index contributed by atoms with van der Waals surface area (Å²) in [5.74, 6) is 0.621. The average molecular weight is 402 g/mol. The SMILES string of the molecule is CN(C(=O)c1ccc2c(c1)C(=O)N(CCc1ccccc1)C2=O)C(C1CC1)C1CC1. The second-order valence-corrected chi connectivity index (χ2v) is 8.84. The van der Waals surface area contributed by atoms with Gasteiger partial charge in [-0.1, -0.05) is 30.3 Å². The van der Waals surface area contributed by atoms with E-state index in [1.54, 1.807) is 18.2 Å². The van der Waals surface area contributed by atoms with Crippen molar-refractivity contribution < 1.29 is 14.4 Å². The Morgan fingerprint density at radius 3 is 2.23 bits per heavy atom. The number of carbonyl (C=O) groups excluding carboxylic acids is 3. The maximum Gasteiger partial charge on any atom is 0.261 e. The first kappa shape index (κ1) is 19.0. The molecular weight excluding hydrogens is 376 g/mol. The maximum atomic E-state index is 13.1. The molecule has 1 aliphatic heterocycles. The van der Waals surface area contributed by atoms with Crippen LogP contribution in [0.25, 0.3) is 0 Å². The van der Waals surface area contributed by atoms with Crippen LogP contribution in [0.4, 0.5) is 0 Å². The number of nitrogens with zero attached hydrogens (tertiary/aromatic N) is 2. The Labute approximate surface area is 176 Å². The summed E-state index contributed by atoms with van der Waals surface area (Å²) >= 11 is 0. The molecule has 0 spiro atoms. The van der Waals surface area contributed by atoms with E-state index in [1.807, 2.05) is 42.3 Å². The molecule has 0 N–H and O–H groups in total. The zero-order valence-corrected chi connectivity index (χ0v) is 17.2. The molecule has 5 nitrogen and oxygen atoms in total. The van der Waals surface area contributed by atoms with E-state index in [1.165, 1.54) is 30.6 Å². The second-order valence-electron chi connectivity index (χ2n) is 8.84. The van der Waals surface area contributed by atoms with Crippen molar-refractivity contribution in [2.24, 2.45) is 11.8 Å². The largest absolute Gasteiger partial charge is 0.338 e. The minimum atomic E-state index is -0.302. The summed E-state index contributed by atoms with van der Waals surface area (Å²) in [5.41, 5.74) is 2.32. The van der Waals surface area contributed by atoms with Gasteiger partial charge in [0, 0.05) is 25.2 Å². The van der Waals surface area contributed by atoms with Crippen LogP contribution in [0.3, 0.4) is 0 Å². The van der Waals surface area contributed by atoms with Crippen molar-refractivity contribution >= 4 is 17.7 Å². The average Bonchev–Trinajstić information content (AvgIpc) is 3.69. The van der Waals surface area contributed by atoms with Gasteiger partial charge in [0.2, 0.25) is 0 Å². The lowest BCUT2D eigenvalue weighted by Gasteiger charge is -2.28. The van der Waals surface area contributed by atoms with E-state index in [2.05, 4.69) is 0 Å². The van der Waals surface area contributed by atoms with E-state index in [9.17, 15) is 14.4 Å². The molecule has 3 aliphatic rings. The third kappa shape index (κ3) is 3.42. The second kappa shape index (κ2) is 7.38. The number of benzene rings is 2. The van der Waals surface area contributed by atoms with Gasteiger partial charge in [0.15, 0.2) is 0 Å². The molecule has 154 valence electrons. The van der Waals surface area contributed by atoms with Gasteiger partial charge in [-0.15, -0.1) is 0 Å². The summed E-state index contributed by atoms with van der Waals surface area (Å²) in [6.07, 6.45) is 5.42. The first-order valence-electron chi connectivity index (χ1n) is 10.9. The normalized spacial score (nSPS) is 18.1. The highest BCUT2D eigenvalue weighted by molar-refractivity contribution is 6.22. The summed E-state index contributed by atoms with van der Waals surface area (Å²) in [7, 11) is 1.88. The topological polar surface area (TPSA) is 57.7 Å². The molecule has 0 bridgehead atoms. The summed E-state index contributed by atoms with van der Waals surface area (Å²) in [4.78, 5) is 42.0. The van der Waals surface area contributed by atoms with Crippen LogP contribution in [-0.2, 0) is 6.42 Å². The number of hydrogen-bond acceptors (Lipinski definition) is 3. The Balaban J connectivity index is 1.33. The van der Waals surface area contributed by atoms with Crippen LogP contribution in [0, 0.1) is 11.8 Å². The van der Waals surface area contributed by atoms with E-state index in [0.29, 0.717) is 47.5 Å². The Morgan fingerprint density at radius 2 is 1.60 bits per heavy atom. The monoisotopic (exact) mass is 402 g/mol. The molecule has 5 rings (SSSR count). The highest BCUT2D eigenvalue weighted by Crippen LogP contribution is 2.47. The molecule has 5 heteroatoms. The Morgan fingerprint density at radius 1 is 0.967 bits per heavy atom. The van der Waals surface area contributed by atoms with E-state index < -0.39 is 0 Å². The molecular formula is C25H26N2O3. The van der Waals surface area contributed by atoms with Gasteiger partial charge in [-0.05, 0) is 67.7 Å². The lowest BCUT2D eigenvalue weighted by Crippen LogP contribution is -2.40. The molecule has 0 unspecified atom stereocenters. The molecule has 1 heterocycles. The van der Waals surface area contributed by atoms with Gasteiger partial charge in [0.1, 0.15) is 0 Å². The summed E-state index contributed by atoms with van der Waals surface area (Å²) < 4.78 is 0.